The Labute approximate surface area is 172 Å². The van der Waals surface area contributed by atoms with Crippen LogP contribution in [-0.2, 0) is 6.54 Å². The van der Waals surface area contributed by atoms with Crippen LogP contribution in [-0.4, -0.2) is 21.0 Å². The summed E-state index contributed by atoms with van der Waals surface area (Å²) in [7, 11) is 0. The molecule has 0 aliphatic carbocycles. The van der Waals surface area contributed by atoms with Crippen molar-refractivity contribution < 1.29 is 9.32 Å². The summed E-state index contributed by atoms with van der Waals surface area (Å²) < 4.78 is 5.27. The molecule has 0 aliphatic rings. The molecule has 29 heavy (non-hydrogen) atoms. The Morgan fingerprint density at radius 3 is 2.79 bits per heavy atom. The molecule has 4 rings (SSSR count). The first-order valence-electron chi connectivity index (χ1n) is 8.98. The van der Waals surface area contributed by atoms with Gasteiger partial charge >= 0.3 is 0 Å². The van der Waals surface area contributed by atoms with E-state index in [4.69, 9.17) is 16.1 Å². The summed E-state index contributed by atoms with van der Waals surface area (Å²) >= 11 is 6.27. The van der Waals surface area contributed by atoms with Crippen LogP contribution in [0, 0.1) is 6.92 Å². The highest BCUT2D eigenvalue weighted by Crippen LogP contribution is 2.31. The zero-order chi connectivity index (χ0) is 20.2. The van der Waals surface area contributed by atoms with E-state index in [9.17, 15) is 4.79 Å². The maximum Gasteiger partial charge on any atom is 0.257 e. The summed E-state index contributed by atoms with van der Waals surface area (Å²) in [6.45, 7) is 2.04. The van der Waals surface area contributed by atoms with Gasteiger partial charge in [0.15, 0.2) is 0 Å². The second-order valence-electron chi connectivity index (χ2n) is 6.42. The largest absolute Gasteiger partial charge is 0.360 e. The SMILES string of the molecule is Cc1onc(-c2ccccc2Cl)c1C(=O)NCc1ccnc(-c2cccnc2)c1. The van der Waals surface area contributed by atoms with E-state index in [1.54, 1.807) is 37.6 Å². The van der Waals surface area contributed by atoms with E-state index in [2.05, 4.69) is 20.4 Å². The molecule has 0 saturated heterocycles. The topological polar surface area (TPSA) is 80.9 Å². The average Bonchev–Trinajstić information content (AvgIpc) is 3.14. The molecular weight excluding hydrogens is 388 g/mol. The zero-order valence-corrected chi connectivity index (χ0v) is 16.3. The van der Waals surface area contributed by atoms with Gasteiger partial charge < -0.3 is 9.84 Å². The quantitative estimate of drug-likeness (QED) is 0.521. The molecule has 0 radical (unpaired) electrons. The van der Waals surface area contributed by atoms with E-state index >= 15 is 0 Å². The number of nitrogens with one attached hydrogen (secondary N) is 1. The Balaban J connectivity index is 1.55. The molecule has 0 spiro atoms. The fourth-order valence-corrected chi connectivity index (χ4v) is 3.23. The number of benzene rings is 1. The Bertz CT molecular complexity index is 1160. The summed E-state index contributed by atoms with van der Waals surface area (Å²) in [6, 6.07) is 14.8. The number of carbonyl (C=O) groups is 1. The van der Waals surface area contributed by atoms with Crippen LogP contribution in [0.4, 0.5) is 0 Å². The molecule has 0 fully saturated rings. The van der Waals surface area contributed by atoms with Crippen molar-refractivity contribution in [3.63, 3.8) is 0 Å². The van der Waals surface area contributed by atoms with Gasteiger partial charge in [0.2, 0.25) is 0 Å². The summed E-state index contributed by atoms with van der Waals surface area (Å²) in [5.74, 6) is 0.154. The Kier molecular flexibility index (Phi) is 5.35. The number of amides is 1. The third-order valence-corrected chi connectivity index (χ3v) is 4.78. The van der Waals surface area contributed by atoms with Gasteiger partial charge in [-0.3, -0.25) is 14.8 Å². The second kappa shape index (κ2) is 8.24. The molecule has 6 nitrogen and oxygen atoms in total. The lowest BCUT2D eigenvalue weighted by Crippen LogP contribution is -2.23. The predicted octanol–water partition coefficient (Wildman–Crippen LogP) is 4.69. The highest BCUT2D eigenvalue weighted by Gasteiger charge is 2.22. The van der Waals surface area contributed by atoms with Gasteiger partial charge in [-0.05, 0) is 42.8 Å². The lowest BCUT2D eigenvalue weighted by Gasteiger charge is -2.08. The van der Waals surface area contributed by atoms with Crippen LogP contribution in [0.5, 0.6) is 0 Å². The monoisotopic (exact) mass is 404 g/mol. The summed E-state index contributed by atoms with van der Waals surface area (Å²) in [5, 5.41) is 7.47. The number of pyridine rings is 2. The van der Waals surface area contributed by atoms with Gasteiger partial charge in [-0.2, -0.15) is 0 Å². The first-order valence-corrected chi connectivity index (χ1v) is 9.36. The minimum Gasteiger partial charge on any atom is -0.360 e. The molecular formula is C22H17ClN4O2. The first kappa shape index (κ1) is 18.8. The number of carbonyl (C=O) groups excluding carboxylic acids is 1. The molecule has 0 unspecified atom stereocenters. The minimum atomic E-state index is -0.279. The molecule has 0 aliphatic heterocycles. The Hall–Kier alpha value is -3.51. The van der Waals surface area contributed by atoms with Crippen LogP contribution in [0.25, 0.3) is 22.5 Å². The number of rotatable bonds is 5. The van der Waals surface area contributed by atoms with Crippen molar-refractivity contribution in [1.82, 2.24) is 20.4 Å². The van der Waals surface area contributed by atoms with Gasteiger partial charge in [-0.25, -0.2) is 0 Å². The van der Waals surface area contributed by atoms with Crippen LogP contribution >= 0.6 is 11.6 Å². The number of hydrogen-bond acceptors (Lipinski definition) is 5. The number of halogens is 1. The minimum absolute atomic E-state index is 0.279. The Morgan fingerprint density at radius 1 is 1.14 bits per heavy atom. The first-order chi connectivity index (χ1) is 14.1. The molecule has 4 aromatic rings. The van der Waals surface area contributed by atoms with Gasteiger partial charge in [0.1, 0.15) is 17.0 Å². The van der Waals surface area contributed by atoms with E-state index < -0.39 is 0 Å². The van der Waals surface area contributed by atoms with Gasteiger partial charge in [-0.15, -0.1) is 0 Å². The van der Waals surface area contributed by atoms with Crippen LogP contribution in [0.3, 0.4) is 0 Å². The van der Waals surface area contributed by atoms with Gasteiger partial charge in [0, 0.05) is 36.3 Å². The standard InChI is InChI=1S/C22H17ClN4O2/c1-14-20(21(27-29-14)17-6-2-3-7-18(17)23)22(28)26-12-15-8-10-25-19(11-15)16-5-4-9-24-13-16/h2-11,13H,12H2,1H3,(H,26,28). The average molecular weight is 405 g/mol. The lowest BCUT2D eigenvalue weighted by atomic mass is 10.1. The third-order valence-electron chi connectivity index (χ3n) is 4.45. The maximum atomic E-state index is 12.9. The van der Waals surface area contributed by atoms with Crippen molar-refractivity contribution in [3.05, 3.63) is 89.0 Å². The van der Waals surface area contributed by atoms with Crippen molar-refractivity contribution in [2.45, 2.75) is 13.5 Å². The van der Waals surface area contributed by atoms with E-state index in [1.807, 2.05) is 36.4 Å². The predicted molar refractivity (Wildman–Crippen MR) is 110 cm³/mol. The van der Waals surface area contributed by atoms with E-state index in [1.165, 1.54) is 0 Å². The number of hydrogen-bond donors (Lipinski definition) is 1. The molecule has 1 N–H and O–H groups in total. The van der Waals surface area contributed by atoms with Gasteiger partial charge in [0.25, 0.3) is 5.91 Å². The molecule has 0 atom stereocenters. The molecule has 1 aromatic carbocycles. The van der Waals surface area contributed by atoms with Crippen LogP contribution in [0.1, 0.15) is 21.7 Å². The van der Waals surface area contributed by atoms with Crippen molar-refractivity contribution in [3.8, 4) is 22.5 Å². The molecule has 1 amide bonds. The second-order valence-corrected chi connectivity index (χ2v) is 6.82. The van der Waals surface area contributed by atoms with Crippen molar-refractivity contribution >= 4 is 17.5 Å². The summed E-state index contributed by atoms with van der Waals surface area (Å²) in [4.78, 5) is 21.4. The molecule has 7 heteroatoms. The smallest absolute Gasteiger partial charge is 0.257 e. The summed E-state index contributed by atoms with van der Waals surface area (Å²) in [6.07, 6.45) is 5.18. The normalized spacial score (nSPS) is 10.7. The number of aryl methyl sites for hydroxylation is 1. The fraction of sp³-hybridized carbons (Fsp3) is 0.0909. The van der Waals surface area contributed by atoms with E-state index in [0.717, 1.165) is 16.8 Å². The molecule has 0 bridgehead atoms. The van der Waals surface area contributed by atoms with Crippen LogP contribution in [0.15, 0.2) is 71.6 Å². The Morgan fingerprint density at radius 2 is 2.00 bits per heavy atom. The molecule has 3 heterocycles. The lowest BCUT2D eigenvalue weighted by molar-refractivity contribution is 0.0950. The fourth-order valence-electron chi connectivity index (χ4n) is 3.00. The highest BCUT2D eigenvalue weighted by atomic mass is 35.5. The van der Waals surface area contributed by atoms with Crippen molar-refractivity contribution in [2.75, 3.05) is 0 Å². The van der Waals surface area contributed by atoms with Crippen LogP contribution < -0.4 is 5.32 Å². The van der Waals surface area contributed by atoms with E-state index in [-0.39, 0.29) is 5.91 Å². The van der Waals surface area contributed by atoms with Crippen LogP contribution in [0.2, 0.25) is 5.02 Å². The third kappa shape index (κ3) is 4.02. The zero-order valence-electron chi connectivity index (χ0n) is 15.6. The molecule has 3 aromatic heterocycles. The van der Waals surface area contributed by atoms with Crippen molar-refractivity contribution in [1.29, 1.82) is 0 Å². The molecule has 0 saturated carbocycles. The van der Waals surface area contributed by atoms with Gasteiger partial charge in [-0.1, -0.05) is 35.0 Å². The van der Waals surface area contributed by atoms with Gasteiger partial charge in [0.05, 0.1) is 10.7 Å². The van der Waals surface area contributed by atoms with E-state index in [0.29, 0.717) is 34.1 Å². The summed E-state index contributed by atoms with van der Waals surface area (Å²) in [5.41, 5.74) is 4.08. The number of aromatic nitrogens is 3. The maximum absolute atomic E-state index is 12.9. The number of nitrogens with zero attached hydrogens (tertiary/aromatic N) is 3. The van der Waals surface area contributed by atoms with Crippen molar-refractivity contribution in [2.24, 2.45) is 0 Å². The highest BCUT2D eigenvalue weighted by molar-refractivity contribution is 6.33. The molecule has 144 valence electrons.